The van der Waals surface area contributed by atoms with Crippen LogP contribution < -0.4 is 0 Å². The van der Waals surface area contributed by atoms with E-state index < -0.39 is 43.9 Å². The van der Waals surface area contributed by atoms with Gasteiger partial charge in [0, 0.05) is 31.6 Å². The second-order valence-electron chi connectivity index (χ2n) is 7.56. The maximum Gasteiger partial charge on any atom is 0.417 e. The third-order valence-electron chi connectivity index (χ3n) is 5.38. The summed E-state index contributed by atoms with van der Waals surface area (Å²) in [5, 5.41) is 0. The van der Waals surface area contributed by atoms with Crippen molar-refractivity contribution in [1.82, 2.24) is 4.90 Å². The van der Waals surface area contributed by atoms with E-state index in [0.29, 0.717) is 38.1 Å². The van der Waals surface area contributed by atoms with Crippen molar-refractivity contribution in [2.75, 3.05) is 18.8 Å². The van der Waals surface area contributed by atoms with E-state index in [4.69, 9.17) is 0 Å². The van der Waals surface area contributed by atoms with Crippen LogP contribution in [-0.2, 0) is 20.8 Å². The predicted molar refractivity (Wildman–Crippen MR) is 104 cm³/mol. The van der Waals surface area contributed by atoms with Gasteiger partial charge in [0.1, 0.15) is 11.6 Å². The Morgan fingerprint density at radius 3 is 2.26 bits per heavy atom. The second kappa shape index (κ2) is 8.57. The maximum atomic E-state index is 14.0. The molecule has 1 fully saturated rings. The van der Waals surface area contributed by atoms with Crippen molar-refractivity contribution in [3.05, 3.63) is 53.6 Å². The van der Waals surface area contributed by atoms with Crippen molar-refractivity contribution in [1.29, 1.82) is 0 Å². The van der Waals surface area contributed by atoms with Crippen LogP contribution >= 0.6 is 0 Å². The normalized spacial score (nSPS) is 15.9. The molecule has 10 heteroatoms. The van der Waals surface area contributed by atoms with Crippen LogP contribution in [0.25, 0.3) is 11.1 Å². The number of rotatable bonds is 4. The zero-order valence-corrected chi connectivity index (χ0v) is 17.4. The lowest BCUT2D eigenvalue weighted by Gasteiger charge is -2.31. The molecule has 2 aromatic rings. The van der Waals surface area contributed by atoms with Gasteiger partial charge in [0.2, 0.25) is 5.91 Å². The van der Waals surface area contributed by atoms with E-state index in [-0.39, 0.29) is 23.0 Å². The first-order valence-electron chi connectivity index (χ1n) is 9.53. The number of likely N-dealkylation sites (tertiary alicyclic amines) is 1. The van der Waals surface area contributed by atoms with Gasteiger partial charge in [0.15, 0.2) is 9.84 Å². The van der Waals surface area contributed by atoms with Crippen LogP contribution in [0.15, 0.2) is 41.3 Å². The van der Waals surface area contributed by atoms with Crippen molar-refractivity contribution in [2.24, 2.45) is 5.92 Å². The van der Waals surface area contributed by atoms with Crippen molar-refractivity contribution in [3.63, 3.8) is 0 Å². The summed E-state index contributed by atoms with van der Waals surface area (Å²) in [5.74, 6) is -2.93. The molecule has 168 valence electrons. The Bertz CT molecular complexity index is 1090. The third-order valence-corrected chi connectivity index (χ3v) is 7.31. The Morgan fingerprint density at radius 2 is 1.71 bits per heavy atom. The van der Waals surface area contributed by atoms with E-state index in [1.807, 2.05) is 0 Å². The minimum atomic E-state index is -4.99. The standard InChI is InChI=1S/C21H20F5NO3S/c1-13(28)27-8-6-14(7-9-27)12-31(29,30)20-5-2-15(10-18(20)21(24,25)26)17-4-3-16(22)11-19(17)23/h2-5,10-11,14H,6-9,12H2,1H3. The number of halogens is 5. The molecule has 1 aliphatic heterocycles. The Balaban J connectivity index is 1.94. The van der Waals surface area contributed by atoms with E-state index in [0.717, 1.165) is 24.3 Å². The molecule has 31 heavy (non-hydrogen) atoms. The Kier molecular flexibility index (Phi) is 6.40. The van der Waals surface area contributed by atoms with Crippen LogP contribution in [0.2, 0.25) is 0 Å². The molecule has 0 spiro atoms. The van der Waals surface area contributed by atoms with E-state index in [9.17, 15) is 35.2 Å². The highest BCUT2D eigenvalue weighted by atomic mass is 32.2. The molecule has 0 aliphatic carbocycles. The van der Waals surface area contributed by atoms with Gasteiger partial charge in [-0.3, -0.25) is 4.79 Å². The molecular formula is C21H20F5NO3S. The van der Waals surface area contributed by atoms with Crippen LogP contribution in [0.1, 0.15) is 25.3 Å². The van der Waals surface area contributed by atoms with Crippen LogP contribution in [0.4, 0.5) is 22.0 Å². The topological polar surface area (TPSA) is 54.5 Å². The minimum absolute atomic E-state index is 0.135. The van der Waals surface area contributed by atoms with E-state index in [1.54, 1.807) is 4.90 Å². The first-order chi connectivity index (χ1) is 14.4. The molecular weight excluding hydrogens is 441 g/mol. The van der Waals surface area contributed by atoms with Crippen molar-refractivity contribution in [2.45, 2.75) is 30.8 Å². The molecule has 0 atom stereocenters. The second-order valence-corrected chi connectivity index (χ2v) is 9.57. The molecule has 1 heterocycles. The van der Waals surface area contributed by atoms with Gasteiger partial charge in [0.05, 0.1) is 16.2 Å². The molecule has 2 aromatic carbocycles. The average molecular weight is 461 g/mol. The third kappa shape index (κ3) is 5.23. The summed E-state index contributed by atoms with van der Waals surface area (Å²) in [7, 11) is -4.30. The summed E-state index contributed by atoms with van der Waals surface area (Å²) in [6.45, 7) is 2.10. The van der Waals surface area contributed by atoms with Gasteiger partial charge < -0.3 is 4.90 Å². The van der Waals surface area contributed by atoms with Crippen LogP contribution in [0.3, 0.4) is 0 Å². The molecule has 0 radical (unpaired) electrons. The summed E-state index contributed by atoms with van der Waals surface area (Å²) in [6, 6.07) is 4.92. The number of hydrogen-bond donors (Lipinski definition) is 0. The number of piperidine rings is 1. The molecule has 1 aliphatic rings. The smallest absolute Gasteiger partial charge is 0.343 e. The minimum Gasteiger partial charge on any atom is -0.343 e. The first kappa shape index (κ1) is 23.2. The van der Waals surface area contributed by atoms with Gasteiger partial charge in [-0.2, -0.15) is 13.2 Å². The summed E-state index contributed by atoms with van der Waals surface area (Å²) in [6.07, 6.45) is -4.25. The zero-order valence-electron chi connectivity index (χ0n) is 16.5. The molecule has 0 N–H and O–H groups in total. The van der Waals surface area contributed by atoms with Crippen LogP contribution in [-0.4, -0.2) is 38.1 Å². The Hall–Kier alpha value is -2.49. The largest absolute Gasteiger partial charge is 0.417 e. The Morgan fingerprint density at radius 1 is 1.06 bits per heavy atom. The molecule has 0 aromatic heterocycles. The van der Waals surface area contributed by atoms with E-state index >= 15 is 0 Å². The number of nitrogens with zero attached hydrogens (tertiary/aromatic N) is 1. The van der Waals surface area contributed by atoms with Gasteiger partial charge in [-0.25, -0.2) is 17.2 Å². The number of alkyl halides is 3. The number of sulfone groups is 1. The number of carbonyl (C=O) groups excluding carboxylic acids is 1. The fourth-order valence-corrected chi connectivity index (χ4v) is 5.65. The highest BCUT2D eigenvalue weighted by molar-refractivity contribution is 7.91. The van der Waals surface area contributed by atoms with Gasteiger partial charge in [-0.1, -0.05) is 6.07 Å². The number of benzene rings is 2. The quantitative estimate of drug-likeness (QED) is 0.622. The van der Waals surface area contributed by atoms with Crippen LogP contribution in [0, 0.1) is 17.6 Å². The van der Waals surface area contributed by atoms with E-state index in [2.05, 4.69) is 0 Å². The highest BCUT2D eigenvalue weighted by Crippen LogP contribution is 2.38. The molecule has 0 bridgehead atoms. The first-order valence-corrected chi connectivity index (χ1v) is 11.2. The van der Waals surface area contributed by atoms with Crippen molar-refractivity contribution >= 4 is 15.7 Å². The molecule has 3 rings (SSSR count). The maximum absolute atomic E-state index is 14.0. The fraction of sp³-hybridized carbons (Fsp3) is 0.381. The summed E-state index contributed by atoms with van der Waals surface area (Å²) < 4.78 is 93.9. The number of hydrogen-bond acceptors (Lipinski definition) is 3. The average Bonchev–Trinajstić information content (AvgIpc) is 2.67. The van der Waals surface area contributed by atoms with Gasteiger partial charge in [-0.05, 0) is 48.6 Å². The zero-order chi connectivity index (χ0) is 23.0. The number of amides is 1. The summed E-state index contributed by atoms with van der Waals surface area (Å²) >= 11 is 0. The highest BCUT2D eigenvalue weighted by Gasteiger charge is 2.38. The van der Waals surface area contributed by atoms with Gasteiger partial charge in [-0.15, -0.1) is 0 Å². The lowest BCUT2D eigenvalue weighted by Crippen LogP contribution is -2.38. The molecule has 1 amide bonds. The lowest BCUT2D eigenvalue weighted by molar-refractivity contribution is -0.139. The van der Waals surface area contributed by atoms with E-state index in [1.165, 1.54) is 6.92 Å². The molecule has 0 unspecified atom stereocenters. The lowest BCUT2D eigenvalue weighted by atomic mass is 9.99. The summed E-state index contributed by atoms with van der Waals surface area (Å²) in [5.41, 5.74) is -1.87. The van der Waals surface area contributed by atoms with Crippen molar-refractivity contribution < 1.29 is 35.2 Å². The molecule has 1 saturated heterocycles. The van der Waals surface area contributed by atoms with Crippen molar-refractivity contribution in [3.8, 4) is 11.1 Å². The fourth-order valence-electron chi connectivity index (χ4n) is 3.73. The summed E-state index contributed by atoms with van der Waals surface area (Å²) in [4.78, 5) is 12.1. The SMILES string of the molecule is CC(=O)N1CCC(CS(=O)(=O)c2ccc(-c3ccc(F)cc3F)cc2C(F)(F)F)CC1. The molecule has 4 nitrogen and oxygen atoms in total. The Labute approximate surface area is 176 Å². The predicted octanol–water partition coefficient (Wildman–Crippen LogP) is 4.68. The van der Waals surface area contributed by atoms with Crippen LogP contribution in [0.5, 0.6) is 0 Å². The number of carbonyl (C=O) groups is 1. The van der Waals surface area contributed by atoms with Gasteiger partial charge >= 0.3 is 6.18 Å². The monoisotopic (exact) mass is 461 g/mol. The van der Waals surface area contributed by atoms with Gasteiger partial charge in [0.25, 0.3) is 0 Å². The molecule has 0 saturated carbocycles.